The van der Waals surface area contributed by atoms with Gasteiger partial charge in [-0.25, -0.2) is 0 Å². The van der Waals surface area contributed by atoms with E-state index in [1.165, 1.54) is 0 Å². The van der Waals surface area contributed by atoms with E-state index in [4.69, 9.17) is 11.6 Å². The van der Waals surface area contributed by atoms with E-state index in [-0.39, 0.29) is 5.91 Å². The average Bonchev–Trinajstić information content (AvgIpc) is 3.17. The molecule has 27 heavy (non-hydrogen) atoms. The number of hydrogen-bond acceptors (Lipinski definition) is 3. The average molecular weight is 386 g/mol. The van der Waals surface area contributed by atoms with Crippen LogP contribution in [-0.4, -0.2) is 32.0 Å². The largest absolute Gasteiger partial charge is 0.352 e. The molecule has 7 heteroatoms. The van der Waals surface area contributed by atoms with Crippen LogP contribution >= 0.6 is 11.6 Å². The topological polar surface area (TPSA) is 64.7 Å². The molecule has 0 radical (unpaired) electrons. The summed E-state index contributed by atoms with van der Waals surface area (Å²) >= 11 is 6.21. The van der Waals surface area contributed by atoms with Gasteiger partial charge in [0, 0.05) is 30.5 Å². The monoisotopic (exact) mass is 385 g/mol. The number of carbonyl (C=O) groups is 1. The van der Waals surface area contributed by atoms with Gasteiger partial charge in [-0.2, -0.15) is 10.2 Å². The molecule has 0 unspecified atom stereocenters. The number of amides is 1. The van der Waals surface area contributed by atoms with E-state index < -0.39 is 0 Å². The quantitative estimate of drug-likeness (QED) is 0.633. The second-order valence-electron chi connectivity index (χ2n) is 6.65. The summed E-state index contributed by atoms with van der Waals surface area (Å²) in [5, 5.41) is 12.4. The van der Waals surface area contributed by atoms with E-state index >= 15 is 0 Å². The van der Waals surface area contributed by atoms with Gasteiger partial charge in [0.1, 0.15) is 0 Å². The van der Waals surface area contributed by atoms with E-state index in [1.54, 1.807) is 6.20 Å². The number of halogens is 1. The summed E-state index contributed by atoms with van der Waals surface area (Å²) in [5.41, 5.74) is 4.53. The highest BCUT2D eigenvalue weighted by Crippen LogP contribution is 2.20. The summed E-state index contributed by atoms with van der Waals surface area (Å²) in [7, 11) is 0. The van der Waals surface area contributed by atoms with Crippen LogP contribution in [0.3, 0.4) is 0 Å². The minimum atomic E-state index is -0.0690. The van der Waals surface area contributed by atoms with Gasteiger partial charge in [0.15, 0.2) is 0 Å². The Kier molecular flexibility index (Phi) is 5.96. The van der Waals surface area contributed by atoms with Gasteiger partial charge >= 0.3 is 0 Å². The number of hydrogen-bond donors (Lipinski definition) is 1. The van der Waals surface area contributed by atoms with E-state index in [2.05, 4.69) is 15.5 Å². The Morgan fingerprint density at radius 3 is 2.67 bits per heavy atom. The van der Waals surface area contributed by atoms with Gasteiger partial charge in [0.05, 0.1) is 23.0 Å². The minimum Gasteiger partial charge on any atom is -0.352 e. The Labute approximate surface area is 164 Å². The normalized spacial score (nSPS) is 11.0. The smallest absolute Gasteiger partial charge is 0.251 e. The van der Waals surface area contributed by atoms with Gasteiger partial charge in [0.2, 0.25) is 0 Å². The summed E-state index contributed by atoms with van der Waals surface area (Å²) in [6.45, 7) is 7.83. The lowest BCUT2D eigenvalue weighted by Gasteiger charge is -2.09. The zero-order valence-electron chi connectivity index (χ0n) is 15.9. The van der Waals surface area contributed by atoms with Crippen molar-refractivity contribution in [3.8, 4) is 0 Å². The fraction of sp³-hybridized carbons (Fsp3) is 0.350. The lowest BCUT2D eigenvalue weighted by molar-refractivity contribution is 0.0952. The van der Waals surface area contributed by atoms with Crippen molar-refractivity contribution in [2.24, 2.45) is 0 Å². The van der Waals surface area contributed by atoms with Crippen molar-refractivity contribution in [3.05, 3.63) is 69.8 Å². The van der Waals surface area contributed by atoms with Crippen molar-refractivity contribution in [2.75, 3.05) is 6.54 Å². The number of benzene rings is 1. The number of rotatable bonds is 7. The molecule has 0 aliphatic heterocycles. The van der Waals surface area contributed by atoms with E-state index in [1.807, 2.05) is 60.5 Å². The maximum Gasteiger partial charge on any atom is 0.251 e. The summed E-state index contributed by atoms with van der Waals surface area (Å²) in [5.74, 6) is -0.0690. The highest BCUT2D eigenvalue weighted by atomic mass is 35.5. The van der Waals surface area contributed by atoms with Crippen LogP contribution in [0, 0.1) is 20.8 Å². The molecule has 0 saturated heterocycles. The maximum absolute atomic E-state index is 12.4. The molecule has 1 aromatic carbocycles. The predicted octanol–water partition coefficient (Wildman–Crippen LogP) is 3.53. The highest BCUT2D eigenvalue weighted by Gasteiger charge is 2.11. The Bertz CT molecular complexity index is 944. The Balaban J connectivity index is 1.56. The molecule has 0 aliphatic carbocycles. The number of nitrogens with one attached hydrogen (secondary N) is 1. The second kappa shape index (κ2) is 8.39. The molecule has 1 N–H and O–H groups in total. The first-order valence-corrected chi connectivity index (χ1v) is 9.38. The highest BCUT2D eigenvalue weighted by molar-refractivity contribution is 6.31. The predicted molar refractivity (Wildman–Crippen MR) is 106 cm³/mol. The molecule has 0 atom stereocenters. The fourth-order valence-electron chi connectivity index (χ4n) is 2.98. The third-order valence-electron chi connectivity index (χ3n) is 4.58. The third kappa shape index (κ3) is 4.57. The zero-order chi connectivity index (χ0) is 19.4. The van der Waals surface area contributed by atoms with Crippen molar-refractivity contribution < 1.29 is 4.79 Å². The lowest BCUT2D eigenvalue weighted by atomic mass is 10.1. The molecule has 0 spiro atoms. The van der Waals surface area contributed by atoms with Crippen LogP contribution in [0.2, 0.25) is 5.02 Å². The lowest BCUT2D eigenvalue weighted by Crippen LogP contribution is -2.25. The molecule has 1 amide bonds. The number of carbonyl (C=O) groups excluding carboxylic acids is 1. The van der Waals surface area contributed by atoms with Crippen LogP contribution in [0.25, 0.3) is 0 Å². The molecule has 3 aromatic rings. The van der Waals surface area contributed by atoms with Crippen molar-refractivity contribution >= 4 is 17.5 Å². The van der Waals surface area contributed by atoms with Crippen LogP contribution < -0.4 is 5.32 Å². The minimum absolute atomic E-state index is 0.0690. The van der Waals surface area contributed by atoms with Crippen LogP contribution in [0.15, 0.2) is 36.5 Å². The SMILES string of the molecule is Cc1nn(Cc2cccc(C(=O)NCCCn3nccc3C)c2)c(C)c1Cl. The van der Waals surface area contributed by atoms with E-state index in [0.717, 1.165) is 35.6 Å². The number of aryl methyl sites for hydroxylation is 3. The van der Waals surface area contributed by atoms with E-state index in [0.29, 0.717) is 23.7 Å². The van der Waals surface area contributed by atoms with Gasteiger partial charge in [-0.15, -0.1) is 0 Å². The van der Waals surface area contributed by atoms with Crippen LogP contribution in [0.4, 0.5) is 0 Å². The van der Waals surface area contributed by atoms with Crippen LogP contribution in [0.5, 0.6) is 0 Å². The van der Waals surface area contributed by atoms with Gasteiger partial charge in [-0.05, 0) is 51.0 Å². The first-order chi connectivity index (χ1) is 13.0. The number of nitrogens with zero attached hydrogens (tertiary/aromatic N) is 4. The second-order valence-corrected chi connectivity index (χ2v) is 7.03. The Morgan fingerprint density at radius 2 is 2.00 bits per heavy atom. The molecule has 2 aromatic heterocycles. The standard InChI is InChI=1S/C20H24ClN5O/c1-14-8-10-23-25(14)11-5-9-22-20(27)18-7-4-6-17(12-18)13-26-16(3)19(21)15(2)24-26/h4,6-8,10,12H,5,9,11,13H2,1-3H3,(H,22,27). The molecule has 142 valence electrons. The van der Waals surface area contributed by atoms with Crippen LogP contribution in [-0.2, 0) is 13.1 Å². The Morgan fingerprint density at radius 1 is 1.19 bits per heavy atom. The summed E-state index contributed by atoms with van der Waals surface area (Å²) in [6, 6.07) is 9.58. The third-order valence-corrected chi connectivity index (χ3v) is 5.12. The molecule has 0 aliphatic rings. The van der Waals surface area contributed by atoms with Crippen molar-refractivity contribution in [1.29, 1.82) is 0 Å². The van der Waals surface area contributed by atoms with E-state index in [9.17, 15) is 4.79 Å². The number of aromatic nitrogens is 4. The summed E-state index contributed by atoms with van der Waals surface area (Å²) in [4.78, 5) is 12.4. The molecular weight excluding hydrogens is 362 g/mol. The molecule has 0 saturated carbocycles. The molecule has 0 bridgehead atoms. The summed E-state index contributed by atoms with van der Waals surface area (Å²) < 4.78 is 3.80. The van der Waals surface area contributed by atoms with Gasteiger partial charge in [0.25, 0.3) is 5.91 Å². The van der Waals surface area contributed by atoms with Gasteiger partial charge in [-0.3, -0.25) is 14.2 Å². The van der Waals surface area contributed by atoms with Crippen molar-refractivity contribution in [1.82, 2.24) is 24.9 Å². The molecule has 0 fully saturated rings. The molecular formula is C20H24ClN5O. The first kappa shape index (κ1) is 19.2. The maximum atomic E-state index is 12.4. The summed E-state index contributed by atoms with van der Waals surface area (Å²) in [6.07, 6.45) is 2.62. The Hall–Kier alpha value is -2.60. The molecule has 3 rings (SSSR count). The van der Waals surface area contributed by atoms with Crippen molar-refractivity contribution in [2.45, 2.75) is 40.3 Å². The first-order valence-electron chi connectivity index (χ1n) is 9.01. The molecule has 2 heterocycles. The van der Waals surface area contributed by atoms with Gasteiger partial charge < -0.3 is 5.32 Å². The fourth-order valence-corrected chi connectivity index (χ4v) is 3.11. The van der Waals surface area contributed by atoms with Crippen molar-refractivity contribution in [3.63, 3.8) is 0 Å². The molecule has 6 nitrogen and oxygen atoms in total. The van der Waals surface area contributed by atoms with Crippen LogP contribution in [0.1, 0.15) is 39.4 Å². The van der Waals surface area contributed by atoms with Gasteiger partial charge in [-0.1, -0.05) is 23.7 Å². The zero-order valence-corrected chi connectivity index (χ0v) is 16.6.